The number of amides is 2. The van der Waals surface area contributed by atoms with Gasteiger partial charge in [-0.1, -0.05) is 23.7 Å². The number of hydrogen-bond donors (Lipinski definition) is 3. The van der Waals surface area contributed by atoms with Crippen molar-refractivity contribution < 1.29 is 23.1 Å². The van der Waals surface area contributed by atoms with Gasteiger partial charge in [0.25, 0.3) is 0 Å². The molecule has 2 amide bonds. The van der Waals surface area contributed by atoms with Gasteiger partial charge in [-0.05, 0) is 42.9 Å². The minimum atomic E-state index is -4.21. The molecule has 3 N–H and O–H groups in total. The summed E-state index contributed by atoms with van der Waals surface area (Å²) in [6, 6.07) is 5.45. The highest BCUT2D eigenvalue weighted by Gasteiger charge is 2.64. The molecule has 3 saturated carbocycles. The van der Waals surface area contributed by atoms with Gasteiger partial charge in [-0.15, -0.1) is 0 Å². The molecule has 0 spiro atoms. The van der Waals surface area contributed by atoms with Crippen LogP contribution in [-0.2, 0) is 0 Å². The smallest absolute Gasteiger partial charge is 0.392 e. The zero-order chi connectivity index (χ0) is 17.5. The Kier molecular flexibility index (Phi) is 4.42. The highest BCUT2D eigenvalue weighted by atomic mass is 35.5. The molecule has 132 valence electrons. The van der Waals surface area contributed by atoms with E-state index in [9.17, 15) is 23.1 Å². The second-order valence-electron chi connectivity index (χ2n) is 6.69. The fraction of sp³-hybridized carbons (Fsp3) is 0.562. The lowest BCUT2D eigenvalue weighted by Gasteiger charge is -2.39. The van der Waals surface area contributed by atoms with Crippen LogP contribution in [0.15, 0.2) is 24.3 Å². The van der Waals surface area contributed by atoms with Crippen LogP contribution in [-0.4, -0.2) is 29.5 Å². The maximum Gasteiger partial charge on any atom is 0.392 e. The third-order valence-electron chi connectivity index (χ3n) is 5.02. The number of halogens is 4. The Labute approximate surface area is 142 Å². The average molecular weight is 363 g/mol. The van der Waals surface area contributed by atoms with Gasteiger partial charge in [-0.3, -0.25) is 0 Å². The molecule has 0 heterocycles. The van der Waals surface area contributed by atoms with E-state index in [-0.39, 0.29) is 13.0 Å². The van der Waals surface area contributed by atoms with Crippen LogP contribution >= 0.6 is 11.6 Å². The highest BCUT2D eigenvalue weighted by molar-refractivity contribution is 6.30. The molecule has 4 rings (SSSR count). The quantitative estimate of drug-likeness (QED) is 0.768. The summed E-state index contributed by atoms with van der Waals surface area (Å²) in [7, 11) is 0. The molecular formula is C16H18ClF3N2O2. The van der Waals surface area contributed by atoms with Gasteiger partial charge in [0, 0.05) is 10.6 Å². The van der Waals surface area contributed by atoms with Crippen molar-refractivity contribution in [1.29, 1.82) is 0 Å². The highest BCUT2D eigenvalue weighted by Crippen LogP contribution is 2.60. The first-order valence-corrected chi connectivity index (χ1v) is 8.12. The summed E-state index contributed by atoms with van der Waals surface area (Å²) in [5, 5.41) is 15.2. The van der Waals surface area contributed by atoms with Gasteiger partial charge >= 0.3 is 12.2 Å². The van der Waals surface area contributed by atoms with E-state index < -0.39 is 35.6 Å². The Balaban J connectivity index is 1.60. The number of hydrogen-bond acceptors (Lipinski definition) is 2. The molecular weight excluding hydrogens is 345 g/mol. The molecule has 1 aromatic rings. The Bertz CT molecular complexity index is 632. The largest absolute Gasteiger partial charge is 0.394 e. The molecule has 0 aromatic heterocycles. The summed E-state index contributed by atoms with van der Waals surface area (Å²) in [6.07, 6.45) is -3.58. The fourth-order valence-electron chi connectivity index (χ4n) is 3.91. The normalized spacial score (nSPS) is 29.7. The summed E-state index contributed by atoms with van der Waals surface area (Å²) in [5.41, 5.74) is -0.146. The number of benzene rings is 1. The zero-order valence-electron chi connectivity index (χ0n) is 12.7. The van der Waals surface area contributed by atoms with E-state index in [0.717, 1.165) is 0 Å². The molecule has 3 fully saturated rings. The molecule has 1 unspecified atom stereocenters. The molecule has 3 aliphatic carbocycles. The van der Waals surface area contributed by atoms with E-state index in [1.165, 1.54) is 0 Å². The maximum atomic E-state index is 12.9. The fourth-order valence-corrected chi connectivity index (χ4v) is 4.11. The number of aliphatic hydroxyl groups excluding tert-OH is 1. The van der Waals surface area contributed by atoms with Crippen LogP contribution in [0.1, 0.15) is 30.9 Å². The third kappa shape index (κ3) is 3.32. The van der Waals surface area contributed by atoms with Crippen molar-refractivity contribution >= 4 is 17.6 Å². The van der Waals surface area contributed by atoms with Gasteiger partial charge in [-0.2, -0.15) is 13.2 Å². The summed E-state index contributed by atoms with van der Waals surface area (Å²) in [6.45, 7) is -0.339. The van der Waals surface area contributed by atoms with Gasteiger partial charge in [0.2, 0.25) is 0 Å². The standard InChI is InChI=1S/C16H18ClF3N2O2/c17-11-3-1-2-9(4-11)13(8-23)21-14(24)22-15-5-10(6-15)12(7-15)16(18,19)20/h1-4,10,12-13,23H,5-8H2,(H2,21,22,24)/t10?,12?,13-,15?/m0/s1. The van der Waals surface area contributed by atoms with E-state index in [1.54, 1.807) is 24.3 Å². The first-order valence-electron chi connectivity index (χ1n) is 7.74. The Morgan fingerprint density at radius 3 is 2.62 bits per heavy atom. The summed E-state index contributed by atoms with van der Waals surface area (Å²) >= 11 is 5.89. The van der Waals surface area contributed by atoms with Gasteiger partial charge in [-0.25, -0.2) is 4.79 Å². The van der Waals surface area contributed by atoms with Crippen LogP contribution in [0.5, 0.6) is 0 Å². The molecule has 0 aliphatic heterocycles. The summed E-state index contributed by atoms with van der Waals surface area (Å²) in [4.78, 5) is 12.2. The molecule has 3 aliphatic rings. The number of urea groups is 1. The third-order valence-corrected chi connectivity index (χ3v) is 5.26. The lowest BCUT2D eigenvalue weighted by atomic mass is 9.76. The number of nitrogens with one attached hydrogen (secondary N) is 2. The van der Waals surface area contributed by atoms with Crippen LogP contribution < -0.4 is 10.6 Å². The predicted octanol–water partition coefficient (Wildman–Crippen LogP) is 3.40. The van der Waals surface area contributed by atoms with E-state index >= 15 is 0 Å². The Hall–Kier alpha value is -1.47. The number of aliphatic hydroxyl groups is 1. The number of rotatable bonds is 4. The lowest BCUT2D eigenvalue weighted by Crippen LogP contribution is -2.55. The van der Waals surface area contributed by atoms with Crippen molar-refractivity contribution in [2.75, 3.05) is 6.61 Å². The van der Waals surface area contributed by atoms with Crippen LogP contribution in [0.25, 0.3) is 0 Å². The van der Waals surface area contributed by atoms with Crippen LogP contribution in [0, 0.1) is 11.8 Å². The number of carbonyl (C=O) groups is 1. The predicted molar refractivity (Wildman–Crippen MR) is 82.6 cm³/mol. The van der Waals surface area contributed by atoms with E-state index in [0.29, 0.717) is 23.4 Å². The minimum absolute atomic E-state index is 0.0739. The van der Waals surface area contributed by atoms with Crippen LogP contribution in [0.2, 0.25) is 5.02 Å². The average Bonchev–Trinajstić information content (AvgIpc) is 3.00. The first kappa shape index (κ1) is 17.4. The molecule has 0 radical (unpaired) electrons. The summed E-state index contributed by atoms with van der Waals surface area (Å²) in [5.74, 6) is -1.73. The molecule has 24 heavy (non-hydrogen) atoms. The lowest BCUT2D eigenvalue weighted by molar-refractivity contribution is -0.180. The van der Waals surface area contributed by atoms with Crippen molar-refractivity contribution in [2.45, 2.75) is 37.0 Å². The molecule has 1 aromatic carbocycles. The SMILES string of the molecule is O=C(N[C@@H](CO)c1cccc(Cl)c1)NC12CC(C1)C(C(F)(F)F)C2. The van der Waals surface area contributed by atoms with Gasteiger partial charge in [0.05, 0.1) is 18.6 Å². The van der Waals surface area contributed by atoms with Crippen LogP contribution in [0.3, 0.4) is 0 Å². The minimum Gasteiger partial charge on any atom is -0.394 e. The van der Waals surface area contributed by atoms with Gasteiger partial charge in [0.1, 0.15) is 0 Å². The molecule has 2 bridgehead atoms. The van der Waals surface area contributed by atoms with E-state index in [4.69, 9.17) is 11.6 Å². The van der Waals surface area contributed by atoms with Crippen molar-refractivity contribution in [3.8, 4) is 0 Å². The van der Waals surface area contributed by atoms with E-state index in [2.05, 4.69) is 10.6 Å². The van der Waals surface area contributed by atoms with Crippen molar-refractivity contribution in [3.05, 3.63) is 34.9 Å². The molecule has 8 heteroatoms. The second-order valence-corrected chi connectivity index (χ2v) is 7.13. The van der Waals surface area contributed by atoms with E-state index in [1.807, 2.05) is 0 Å². The van der Waals surface area contributed by atoms with Gasteiger partial charge in [0.15, 0.2) is 0 Å². The van der Waals surface area contributed by atoms with Crippen molar-refractivity contribution in [3.63, 3.8) is 0 Å². The first-order chi connectivity index (χ1) is 11.2. The molecule has 4 nitrogen and oxygen atoms in total. The molecule has 0 saturated heterocycles. The second kappa shape index (κ2) is 6.11. The number of carbonyl (C=O) groups excluding carboxylic acids is 1. The zero-order valence-corrected chi connectivity index (χ0v) is 13.5. The molecule has 2 atom stereocenters. The van der Waals surface area contributed by atoms with Crippen molar-refractivity contribution in [1.82, 2.24) is 10.6 Å². The Morgan fingerprint density at radius 2 is 2.08 bits per heavy atom. The van der Waals surface area contributed by atoms with Crippen molar-refractivity contribution in [2.24, 2.45) is 11.8 Å². The maximum absolute atomic E-state index is 12.9. The van der Waals surface area contributed by atoms with Crippen LogP contribution in [0.4, 0.5) is 18.0 Å². The monoisotopic (exact) mass is 362 g/mol. The number of fused-ring (bicyclic) bond motifs is 1. The topological polar surface area (TPSA) is 61.4 Å². The summed E-state index contributed by atoms with van der Waals surface area (Å²) < 4.78 is 38.7. The number of alkyl halides is 3. The van der Waals surface area contributed by atoms with Gasteiger partial charge < -0.3 is 15.7 Å². The Morgan fingerprint density at radius 1 is 1.38 bits per heavy atom.